The molecular formula is C15H23N. The molecule has 0 spiro atoms. The third-order valence-corrected chi connectivity index (χ3v) is 3.37. The molecule has 1 aliphatic carbocycles. The van der Waals surface area contributed by atoms with Crippen molar-refractivity contribution in [2.24, 2.45) is 5.92 Å². The van der Waals surface area contributed by atoms with Gasteiger partial charge in [-0.1, -0.05) is 38.1 Å². The molecule has 0 atom stereocenters. The van der Waals surface area contributed by atoms with Gasteiger partial charge in [0.25, 0.3) is 0 Å². The van der Waals surface area contributed by atoms with Crippen LogP contribution in [-0.2, 0) is 6.42 Å². The second kappa shape index (κ2) is 5.49. The highest BCUT2D eigenvalue weighted by atomic mass is 14.9. The fourth-order valence-corrected chi connectivity index (χ4v) is 1.93. The first-order valence-corrected chi connectivity index (χ1v) is 6.55. The Kier molecular flexibility index (Phi) is 4.00. The minimum Gasteiger partial charge on any atom is -0.316 e. The zero-order chi connectivity index (χ0) is 11.4. The maximum Gasteiger partial charge on any atom is -0.000824 e. The molecule has 0 heterocycles. The van der Waals surface area contributed by atoms with E-state index in [2.05, 4.69) is 43.4 Å². The predicted octanol–water partition coefficient (Wildman–Crippen LogP) is 3.35. The first-order valence-electron chi connectivity index (χ1n) is 6.55. The van der Waals surface area contributed by atoms with Gasteiger partial charge >= 0.3 is 0 Å². The monoisotopic (exact) mass is 217 g/mol. The van der Waals surface area contributed by atoms with Crippen molar-refractivity contribution in [3.8, 4) is 0 Å². The third-order valence-electron chi connectivity index (χ3n) is 3.37. The summed E-state index contributed by atoms with van der Waals surface area (Å²) in [7, 11) is 0. The largest absolute Gasteiger partial charge is 0.316 e. The van der Waals surface area contributed by atoms with Gasteiger partial charge in [-0.05, 0) is 55.3 Å². The Hall–Kier alpha value is -0.820. The SMILES string of the molecule is CC(C)c1ccc(CCNCC2CC2)cc1. The van der Waals surface area contributed by atoms with Crippen LogP contribution in [0.25, 0.3) is 0 Å². The molecule has 1 saturated carbocycles. The summed E-state index contributed by atoms with van der Waals surface area (Å²) in [4.78, 5) is 0. The Labute approximate surface area is 99.3 Å². The Bertz CT molecular complexity index is 309. The van der Waals surface area contributed by atoms with Crippen molar-refractivity contribution in [2.45, 2.75) is 39.0 Å². The fraction of sp³-hybridized carbons (Fsp3) is 0.600. The molecule has 0 amide bonds. The van der Waals surface area contributed by atoms with Gasteiger partial charge in [-0.25, -0.2) is 0 Å². The number of nitrogens with one attached hydrogen (secondary N) is 1. The number of benzene rings is 1. The van der Waals surface area contributed by atoms with E-state index in [0.29, 0.717) is 5.92 Å². The highest BCUT2D eigenvalue weighted by molar-refractivity contribution is 5.24. The fourth-order valence-electron chi connectivity index (χ4n) is 1.93. The van der Waals surface area contributed by atoms with Crippen molar-refractivity contribution in [1.82, 2.24) is 5.32 Å². The van der Waals surface area contributed by atoms with Gasteiger partial charge < -0.3 is 5.32 Å². The molecule has 0 saturated heterocycles. The molecule has 1 N–H and O–H groups in total. The molecule has 1 aromatic rings. The Morgan fingerprint density at radius 1 is 1.19 bits per heavy atom. The van der Waals surface area contributed by atoms with Crippen molar-refractivity contribution < 1.29 is 0 Å². The quantitative estimate of drug-likeness (QED) is 0.721. The van der Waals surface area contributed by atoms with Gasteiger partial charge in [0, 0.05) is 0 Å². The lowest BCUT2D eigenvalue weighted by atomic mass is 10.0. The number of hydrogen-bond acceptors (Lipinski definition) is 1. The van der Waals surface area contributed by atoms with Crippen LogP contribution in [0, 0.1) is 5.92 Å². The van der Waals surface area contributed by atoms with Gasteiger partial charge in [0.2, 0.25) is 0 Å². The molecule has 16 heavy (non-hydrogen) atoms. The average molecular weight is 217 g/mol. The van der Waals surface area contributed by atoms with E-state index >= 15 is 0 Å². The summed E-state index contributed by atoms with van der Waals surface area (Å²) >= 11 is 0. The van der Waals surface area contributed by atoms with E-state index in [0.717, 1.165) is 18.9 Å². The first kappa shape index (κ1) is 11.7. The highest BCUT2D eigenvalue weighted by Crippen LogP contribution is 2.27. The standard InChI is InChI=1S/C15H23N/c1-12(2)15-7-5-13(6-8-15)9-10-16-11-14-3-4-14/h5-8,12,14,16H,3-4,9-11H2,1-2H3. The van der Waals surface area contributed by atoms with Crippen molar-refractivity contribution in [3.05, 3.63) is 35.4 Å². The van der Waals surface area contributed by atoms with E-state index in [1.807, 2.05) is 0 Å². The van der Waals surface area contributed by atoms with Crippen LogP contribution in [0.3, 0.4) is 0 Å². The molecule has 88 valence electrons. The number of hydrogen-bond donors (Lipinski definition) is 1. The van der Waals surface area contributed by atoms with E-state index in [1.165, 1.54) is 30.5 Å². The van der Waals surface area contributed by atoms with Crippen molar-refractivity contribution in [3.63, 3.8) is 0 Å². The van der Waals surface area contributed by atoms with Crippen LogP contribution in [0.2, 0.25) is 0 Å². The van der Waals surface area contributed by atoms with Crippen LogP contribution >= 0.6 is 0 Å². The summed E-state index contributed by atoms with van der Waals surface area (Å²) in [6.45, 7) is 6.83. The maximum atomic E-state index is 3.53. The van der Waals surface area contributed by atoms with Crippen LogP contribution in [0.15, 0.2) is 24.3 Å². The predicted molar refractivity (Wildman–Crippen MR) is 69.8 cm³/mol. The van der Waals surface area contributed by atoms with Gasteiger partial charge in [0.15, 0.2) is 0 Å². The third kappa shape index (κ3) is 3.64. The summed E-state index contributed by atoms with van der Waals surface area (Å²) in [5.41, 5.74) is 2.89. The van der Waals surface area contributed by atoms with E-state index in [1.54, 1.807) is 0 Å². The van der Waals surface area contributed by atoms with Crippen molar-refractivity contribution in [1.29, 1.82) is 0 Å². The van der Waals surface area contributed by atoms with Crippen molar-refractivity contribution >= 4 is 0 Å². The molecule has 0 unspecified atom stereocenters. The Morgan fingerprint density at radius 3 is 2.44 bits per heavy atom. The summed E-state index contributed by atoms with van der Waals surface area (Å²) in [5, 5.41) is 3.53. The zero-order valence-corrected chi connectivity index (χ0v) is 10.5. The van der Waals surface area contributed by atoms with E-state index in [9.17, 15) is 0 Å². The lowest BCUT2D eigenvalue weighted by Crippen LogP contribution is -2.19. The van der Waals surface area contributed by atoms with E-state index < -0.39 is 0 Å². The highest BCUT2D eigenvalue weighted by Gasteiger charge is 2.19. The summed E-state index contributed by atoms with van der Waals surface area (Å²) in [5.74, 6) is 1.63. The summed E-state index contributed by atoms with van der Waals surface area (Å²) in [6.07, 6.45) is 4.04. The van der Waals surface area contributed by atoms with Gasteiger partial charge in [-0.3, -0.25) is 0 Å². The van der Waals surface area contributed by atoms with Gasteiger partial charge in [-0.15, -0.1) is 0 Å². The first-order chi connectivity index (χ1) is 7.75. The number of rotatable bonds is 6. The topological polar surface area (TPSA) is 12.0 Å². The molecule has 0 aromatic heterocycles. The Morgan fingerprint density at radius 2 is 1.88 bits per heavy atom. The average Bonchev–Trinajstić information content (AvgIpc) is 3.09. The lowest BCUT2D eigenvalue weighted by Gasteiger charge is -2.07. The molecule has 0 bridgehead atoms. The van der Waals surface area contributed by atoms with Crippen LogP contribution < -0.4 is 5.32 Å². The van der Waals surface area contributed by atoms with Crippen LogP contribution in [0.4, 0.5) is 0 Å². The van der Waals surface area contributed by atoms with Gasteiger partial charge in [0.05, 0.1) is 0 Å². The minimum atomic E-state index is 0.641. The molecular weight excluding hydrogens is 194 g/mol. The van der Waals surface area contributed by atoms with Gasteiger partial charge in [0.1, 0.15) is 0 Å². The van der Waals surface area contributed by atoms with Crippen LogP contribution in [0.1, 0.15) is 43.7 Å². The zero-order valence-electron chi connectivity index (χ0n) is 10.5. The van der Waals surface area contributed by atoms with E-state index in [-0.39, 0.29) is 0 Å². The summed E-state index contributed by atoms with van der Waals surface area (Å²) in [6, 6.07) is 9.07. The smallest absolute Gasteiger partial charge is 0.000824 e. The molecule has 0 radical (unpaired) electrons. The molecule has 1 heteroatoms. The van der Waals surface area contributed by atoms with E-state index in [4.69, 9.17) is 0 Å². The lowest BCUT2D eigenvalue weighted by molar-refractivity contribution is 0.637. The Balaban J connectivity index is 1.71. The molecule has 1 fully saturated rings. The normalized spacial score (nSPS) is 15.7. The van der Waals surface area contributed by atoms with Crippen LogP contribution in [-0.4, -0.2) is 13.1 Å². The van der Waals surface area contributed by atoms with Gasteiger partial charge in [-0.2, -0.15) is 0 Å². The second-order valence-corrected chi connectivity index (χ2v) is 5.29. The minimum absolute atomic E-state index is 0.641. The molecule has 1 nitrogen and oxygen atoms in total. The molecule has 2 rings (SSSR count). The second-order valence-electron chi connectivity index (χ2n) is 5.29. The molecule has 0 aliphatic heterocycles. The maximum absolute atomic E-state index is 3.53. The van der Waals surface area contributed by atoms with Crippen molar-refractivity contribution in [2.75, 3.05) is 13.1 Å². The molecule has 1 aliphatic rings. The summed E-state index contributed by atoms with van der Waals surface area (Å²) < 4.78 is 0. The van der Waals surface area contributed by atoms with Crippen LogP contribution in [0.5, 0.6) is 0 Å². The molecule has 1 aromatic carbocycles.